The molecule has 0 atom stereocenters. The van der Waals surface area contributed by atoms with Crippen LogP contribution in [0.25, 0.3) is 60.9 Å². The maximum absolute atomic E-state index is 2.36. The molecule has 9 rings (SSSR count). The molecule has 0 amide bonds. The molecule has 2 nitrogen and oxygen atoms in total. The lowest BCUT2D eigenvalue weighted by Crippen LogP contribution is -2.09. The second-order valence-corrected chi connectivity index (χ2v) is 12.6. The molecule has 0 N–H and O–H groups in total. The smallest absolute Gasteiger partial charge is 0.0541 e. The molecule has 0 spiro atoms. The highest BCUT2D eigenvalue weighted by molar-refractivity contribution is 6.10. The van der Waals surface area contributed by atoms with Crippen molar-refractivity contribution in [3.63, 3.8) is 0 Å². The van der Waals surface area contributed by atoms with Crippen molar-refractivity contribution in [1.29, 1.82) is 0 Å². The maximum atomic E-state index is 2.36. The first-order valence-corrected chi connectivity index (χ1v) is 17.1. The van der Waals surface area contributed by atoms with Crippen molar-refractivity contribution in [2.45, 2.75) is 0 Å². The molecule has 9 aromatic rings. The molecule has 0 aliphatic heterocycles. The summed E-state index contributed by atoms with van der Waals surface area (Å²) in [4.78, 5) is 2.33. The van der Waals surface area contributed by atoms with Crippen LogP contribution in [-0.2, 0) is 0 Å². The molecular formula is C48H34N2. The molecular weight excluding hydrogens is 605 g/mol. The van der Waals surface area contributed by atoms with Gasteiger partial charge in [-0.1, -0.05) is 140 Å². The van der Waals surface area contributed by atoms with Crippen LogP contribution >= 0.6 is 0 Å². The number of anilines is 3. The molecule has 0 unspecified atom stereocenters. The van der Waals surface area contributed by atoms with Crippen LogP contribution in [0.5, 0.6) is 0 Å². The van der Waals surface area contributed by atoms with E-state index in [0.29, 0.717) is 0 Å². The summed E-state index contributed by atoms with van der Waals surface area (Å²) in [5.74, 6) is 0. The van der Waals surface area contributed by atoms with E-state index in [9.17, 15) is 0 Å². The first-order valence-electron chi connectivity index (χ1n) is 17.1. The van der Waals surface area contributed by atoms with Crippen LogP contribution in [0.3, 0.4) is 0 Å². The van der Waals surface area contributed by atoms with Gasteiger partial charge in [0.1, 0.15) is 0 Å². The summed E-state index contributed by atoms with van der Waals surface area (Å²) in [6.45, 7) is 0. The Morgan fingerprint density at radius 3 is 1.46 bits per heavy atom. The van der Waals surface area contributed by atoms with E-state index in [2.05, 4.69) is 216 Å². The van der Waals surface area contributed by atoms with Crippen LogP contribution in [0.2, 0.25) is 0 Å². The van der Waals surface area contributed by atoms with Crippen LogP contribution in [0.1, 0.15) is 0 Å². The number of fused-ring (bicyclic) bond motifs is 3. The lowest BCUT2D eigenvalue weighted by Gasteiger charge is -2.26. The normalized spacial score (nSPS) is 11.2. The van der Waals surface area contributed by atoms with Crippen molar-refractivity contribution in [2.75, 3.05) is 4.90 Å². The summed E-state index contributed by atoms with van der Waals surface area (Å²) in [6, 6.07) is 74.0. The summed E-state index contributed by atoms with van der Waals surface area (Å²) >= 11 is 0. The molecule has 50 heavy (non-hydrogen) atoms. The summed E-state index contributed by atoms with van der Waals surface area (Å²) in [6.07, 6.45) is 0. The number of rotatable bonds is 7. The third-order valence-electron chi connectivity index (χ3n) is 9.59. The highest BCUT2D eigenvalue weighted by atomic mass is 15.1. The Labute approximate surface area is 292 Å². The molecule has 8 aromatic carbocycles. The van der Waals surface area contributed by atoms with Crippen molar-refractivity contribution >= 4 is 38.9 Å². The van der Waals surface area contributed by atoms with Gasteiger partial charge >= 0.3 is 0 Å². The molecule has 2 heteroatoms. The predicted molar refractivity (Wildman–Crippen MR) is 212 cm³/mol. The van der Waals surface area contributed by atoms with Crippen LogP contribution < -0.4 is 4.90 Å². The number of para-hydroxylation sites is 3. The Morgan fingerprint density at radius 1 is 0.280 bits per heavy atom. The number of aromatic nitrogens is 1. The van der Waals surface area contributed by atoms with E-state index in [1.165, 1.54) is 60.9 Å². The van der Waals surface area contributed by atoms with Gasteiger partial charge in [0.2, 0.25) is 0 Å². The summed E-state index contributed by atoms with van der Waals surface area (Å²) in [5, 5.41) is 2.52. The minimum absolute atomic E-state index is 1.12. The van der Waals surface area contributed by atoms with Gasteiger partial charge in [0.05, 0.1) is 11.0 Å². The fraction of sp³-hybridized carbons (Fsp3) is 0. The van der Waals surface area contributed by atoms with E-state index in [4.69, 9.17) is 0 Å². The quantitative estimate of drug-likeness (QED) is 0.169. The van der Waals surface area contributed by atoms with E-state index in [-0.39, 0.29) is 0 Å². The van der Waals surface area contributed by atoms with E-state index in [0.717, 1.165) is 17.1 Å². The highest BCUT2D eigenvalue weighted by Crippen LogP contribution is 2.39. The van der Waals surface area contributed by atoms with Crippen LogP contribution in [-0.4, -0.2) is 4.57 Å². The minimum Gasteiger partial charge on any atom is -0.310 e. The van der Waals surface area contributed by atoms with Crippen molar-refractivity contribution < 1.29 is 0 Å². The van der Waals surface area contributed by atoms with Gasteiger partial charge in [0.25, 0.3) is 0 Å². The molecule has 0 aliphatic rings. The third-order valence-corrected chi connectivity index (χ3v) is 9.59. The topological polar surface area (TPSA) is 8.17 Å². The van der Waals surface area contributed by atoms with Gasteiger partial charge in [-0.3, -0.25) is 0 Å². The summed E-state index contributed by atoms with van der Waals surface area (Å²) < 4.78 is 2.36. The summed E-state index contributed by atoms with van der Waals surface area (Å²) in [5.41, 5.74) is 14.2. The lowest BCUT2D eigenvalue weighted by atomic mass is 9.98. The van der Waals surface area contributed by atoms with Crippen LogP contribution in [0, 0.1) is 0 Å². The predicted octanol–water partition coefficient (Wildman–Crippen LogP) is 13.3. The minimum atomic E-state index is 1.12. The molecule has 1 aromatic heterocycles. The van der Waals surface area contributed by atoms with Gasteiger partial charge in [-0.05, 0) is 100 Å². The van der Waals surface area contributed by atoms with Gasteiger partial charge in [0, 0.05) is 33.5 Å². The Balaban J connectivity index is 1.05. The van der Waals surface area contributed by atoms with E-state index in [1.54, 1.807) is 0 Å². The molecule has 236 valence electrons. The second-order valence-electron chi connectivity index (χ2n) is 12.6. The molecule has 0 fully saturated rings. The zero-order valence-corrected chi connectivity index (χ0v) is 27.5. The van der Waals surface area contributed by atoms with E-state index >= 15 is 0 Å². The van der Waals surface area contributed by atoms with E-state index < -0.39 is 0 Å². The third kappa shape index (κ3) is 5.43. The van der Waals surface area contributed by atoms with Gasteiger partial charge in [-0.15, -0.1) is 0 Å². The lowest BCUT2D eigenvalue weighted by molar-refractivity contribution is 1.18. The SMILES string of the molecule is c1ccc(-c2ccc(N(c3ccccc3)c3cccc(-c4ccc(-c5ccc6c(c5)c5ccccc5n6-c5ccccc5)cc4)c3)cc2)cc1. The molecule has 0 saturated heterocycles. The summed E-state index contributed by atoms with van der Waals surface area (Å²) in [7, 11) is 0. The van der Waals surface area contributed by atoms with Crippen molar-refractivity contribution in [1.82, 2.24) is 4.57 Å². The first kappa shape index (κ1) is 29.5. The number of nitrogens with zero attached hydrogens (tertiary/aromatic N) is 2. The molecule has 0 saturated carbocycles. The van der Waals surface area contributed by atoms with Gasteiger partial charge in [-0.25, -0.2) is 0 Å². The van der Waals surface area contributed by atoms with Gasteiger partial charge in [-0.2, -0.15) is 0 Å². The molecule has 0 radical (unpaired) electrons. The Hall–Kier alpha value is -6.64. The molecule has 0 aliphatic carbocycles. The van der Waals surface area contributed by atoms with Crippen LogP contribution in [0.4, 0.5) is 17.1 Å². The standard InChI is InChI=1S/C48H34N2/c1-4-13-35(14-5-1)36-27-30-43(31-28-36)49(41-16-6-2-7-17-41)44-20-12-15-39(33-44)37-23-25-38(26-24-37)40-29-32-48-46(34-40)45-21-10-11-22-47(45)50(48)42-18-8-3-9-19-42/h1-34H. The Bertz CT molecular complexity index is 2550. The van der Waals surface area contributed by atoms with Crippen molar-refractivity contribution in [2.24, 2.45) is 0 Å². The zero-order chi connectivity index (χ0) is 33.3. The highest BCUT2D eigenvalue weighted by Gasteiger charge is 2.15. The largest absolute Gasteiger partial charge is 0.310 e. The number of hydrogen-bond donors (Lipinski definition) is 0. The second kappa shape index (κ2) is 12.8. The average molecular weight is 639 g/mol. The Morgan fingerprint density at radius 2 is 0.740 bits per heavy atom. The fourth-order valence-electron chi connectivity index (χ4n) is 7.15. The van der Waals surface area contributed by atoms with E-state index in [1.807, 2.05) is 0 Å². The average Bonchev–Trinajstić information content (AvgIpc) is 3.53. The Kier molecular flexibility index (Phi) is 7.53. The fourth-order valence-corrected chi connectivity index (χ4v) is 7.15. The first-order chi connectivity index (χ1) is 24.8. The maximum Gasteiger partial charge on any atom is 0.0541 e. The van der Waals surface area contributed by atoms with Gasteiger partial charge < -0.3 is 9.47 Å². The number of hydrogen-bond acceptors (Lipinski definition) is 1. The van der Waals surface area contributed by atoms with Crippen molar-refractivity contribution in [3.8, 4) is 39.1 Å². The molecule has 0 bridgehead atoms. The van der Waals surface area contributed by atoms with Crippen LogP contribution in [0.15, 0.2) is 206 Å². The van der Waals surface area contributed by atoms with Crippen molar-refractivity contribution in [3.05, 3.63) is 206 Å². The monoisotopic (exact) mass is 638 g/mol. The molecule has 1 heterocycles. The zero-order valence-electron chi connectivity index (χ0n) is 27.5. The van der Waals surface area contributed by atoms with Gasteiger partial charge in [0.15, 0.2) is 0 Å². The number of benzene rings is 8.